The maximum atomic E-state index is 12.4. The van der Waals surface area contributed by atoms with Gasteiger partial charge in [0.2, 0.25) is 11.8 Å². The van der Waals surface area contributed by atoms with Crippen LogP contribution in [0.15, 0.2) is 0 Å². The summed E-state index contributed by atoms with van der Waals surface area (Å²) in [6.07, 6.45) is 1.84. The van der Waals surface area contributed by atoms with E-state index in [0.29, 0.717) is 0 Å². The summed E-state index contributed by atoms with van der Waals surface area (Å²) >= 11 is 0. The van der Waals surface area contributed by atoms with Crippen LogP contribution in [0.5, 0.6) is 0 Å². The molecule has 194 valence electrons. The van der Waals surface area contributed by atoms with Crippen molar-refractivity contribution in [3.63, 3.8) is 0 Å². The van der Waals surface area contributed by atoms with Crippen molar-refractivity contribution in [3.8, 4) is 0 Å². The van der Waals surface area contributed by atoms with Crippen LogP contribution in [0.2, 0.25) is 0 Å². The molecule has 2 amide bonds. The van der Waals surface area contributed by atoms with Gasteiger partial charge >= 0.3 is 0 Å². The highest BCUT2D eigenvalue weighted by molar-refractivity contribution is 5.82. The van der Waals surface area contributed by atoms with Crippen LogP contribution >= 0.6 is 0 Å². The molecule has 0 spiro atoms. The SMILES string of the molecule is C.CN(C)C(=O)C(C)(CC(C)(C)C)C(C)(C)C.CN(C)C(=O)C(CC(C)(C)C)C(C)(C)C. The van der Waals surface area contributed by atoms with Gasteiger partial charge in [-0.25, -0.2) is 0 Å². The van der Waals surface area contributed by atoms with E-state index in [1.54, 1.807) is 9.80 Å². The van der Waals surface area contributed by atoms with Crippen molar-refractivity contribution in [2.24, 2.45) is 33.0 Å². The third-order valence-corrected chi connectivity index (χ3v) is 6.02. The van der Waals surface area contributed by atoms with Gasteiger partial charge in [-0.1, -0.05) is 97.4 Å². The monoisotopic (exact) mass is 456 g/mol. The van der Waals surface area contributed by atoms with E-state index in [9.17, 15) is 9.59 Å². The zero-order chi connectivity index (χ0) is 25.8. The minimum absolute atomic E-state index is 0. The van der Waals surface area contributed by atoms with Gasteiger partial charge in [0.15, 0.2) is 0 Å². The Kier molecular flexibility index (Phi) is 13.2. The second-order valence-corrected chi connectivity index (χ2v) is 14.4. The van der Waals surface area contributed by atoms with Gasteiger partial charge < -0.3 is 9.80 Å². The molecule has 32 heavy (non-hydrogen) atoms. The standard InChI is InChI=1S/C14H29NO.C13H27NO.CH4/c1-12(2,3)10-14(7,13(4,5)6)11(16)15(8)9;1-12(2,3)9-10(13(4,5)6)11(15)14(7)8;/h10H2,1-9H3;10H,9H2,1-8H3;1H4. The summed E-state index contributed by atoms with van der Waals surface area (Å²) in [5, 5.41) is 0. The molecule has 0 aromatic heterocycles. The molecule has 0 heterocycles. The predicted octanol–water partition coefficient (Wildman–Crippen LogP) is 7.37. The van der Waals surface area contributed by atoms with E-state index in [2.05, 4.69) is 90.0 Å². The summed E-state index contributed by atoms with van der Waals surface area (Å²) in [4.78, 5) is 27.9. The van der Waals surface area contributed by atoms with Crippen LogP contribution in [0, 0.1) is 33.0 Å². The van der Waals surface area contributed by atoms with E-state index in [1.165, 1.54) is 0 Å². The number of rotatable bonds is 4. The first kappa shape index (κ1) is 35.5. The van der Waals surface area contributed by atoms with E-state index >= 15 is 0 Å². The summed E-state index contributed by atoms with van der Waals surface area (Å²) in [5.41, 5.74) is 0.0579. The Morgan fingerprint density at radius 3 is 1.22 bits per heavy atom. The molecular formula is C28H60N2O2. The Balaban J connectivity index is -0.000000511. The Hall–Kier alpha value is -1.06. The van der Waals surface area contributed by atoms with Crippen molar-refractivity contribution in [1.82, 2.24) is 9.80 Å². The fraction of sp³-hybridized carbons (Fsp3) is 0.929. The lowest BCUT2D eigenvalue weighted by molar-refractivity contribution is -0.147. The third kappa shape index (κ3) is 12.3. The lowest BCUT2D eigenvalue weighted by Gasteiger charge is -2.45. The molecule has 0 aliphatic rings. The van der Waals surface area contributed by atoms with Crippen LogP contribution in [0.1, 0.15) is 110 Å². The molecule has 0 radical (unpaired) electrons. The van der Waals surface area contributed by atoms with E-state index in [-0.39, 0.29) is 52.2 Å². The molecule has 0 rings (SSSR count). The van der Waals surface area contributed by atoms with Crippen LogP contribution in [0.3, 0.4) is 0 Å². The van der Waals surface area contributed by atoms with Gasteiger partial charge in [-0.05, 0) is 34.5 Å². The molecule has 0 bridgehead atoms. The molecule has 0 aromatic rings. The Bertz CT molecular complexity index is 579. The fourth-order valence-corrected chi connectivity index (χ4v) is 3.90. The minimum atomic E-state index is -0.311. The fourth-order valence-electron chi connectivity index (χ4n) is 3.90. The van der Waals surface area contributed by atoms with Crippen molar-refractivity contribution < 1.29 is 9.59 Å². The lowest BCUT2D eigenvalue weighted by atomic mass is 9.60. The number of carbonyl (C=O) groups excluding carboxylic acids is 2. The molecule has 4 nitrogen and oxygen atoms in total. The van der Waals surface area contributed by atoms with Crippen LogP contribution in [0.4, 0.5) is 0 Å². The van der Waals surface area contributed by atoms with Gasteiger partial charge in [-0.3, -0.25) is 9.59 Å². The molecule has 0 aliphatic carbocycles. The second-order valence-electron chi connectivity index (χ2n) is 14.4. The van der Waals surface area contributed by atoms with Crippen molar-refractivity contribution >= 4 is 11.8 Å². The van der Waals surface area contributed by atoms with E-state index < -0.39 is 0 Å². The van der Waals surface area contributed by atoms with Gasteiger partial charge in [0, 0.05) is 34.1 Å². The van der Waals surface area contributed by atoms with Gasteiger partial charge in [0.25, 0.3) is 0 Å². The van der Waals surface area contributed by atoms with Gasteiger partial charge in [0.05, 0.1) is 5.41 Å². The highest BCUT2D eigenvalue weighted by Crippen LogP contribution is 2.47. The molecule has 0 aromatic carbocycles. The first-order valence-corrected chi connectivity index (χ1v) is 11.7. The Morgan fingerprint density at radius 1 is 0.656 bits per heavy atom. The first-order valence-electron chi connectivity index (χ1n) is 11.7. The number of hydrogen-bond acceptors (Lipinski definition) is 2. The zero-order valence-corrected chi connectivity index (χ0v) is 24.2. The highest BCUT2D eigenvalue weighted by Gasteiger charge is 2.47. The molecule has 0 saturated carbocycles. The van der Waals surface area contributed by atoms with Crippen LogP contribution < -0.4 is 0 Å². The molecule has 0 saturated heterocycles. The number of hydrogen-bond donors (Lipinski definition) is 0. The average molecular weight is 457 g/mol. The van der Waals surface area contributed by atoms with Gasteiger partial charge in [0.1, 0.15) is 0 Å². The second kappa shape index (κ2) is 11.9. The molecule has 2 atom stereocenters. The minimum Gasteiger partial charge on any atom is -0.349 e. The number of amides is 2. The summed E-state index contributed by atoms with van der Waals surface area (Å²) in [6.45, 7) is 28.1. The first-order chi connectivity index (χ1) is 13.3. The number of carbonyl (C=O) groups is 2. The highest BCUT2D eigenvalue weighted by atomic mass is 16.2. The largest absolute Gasteiger partial charge is 0.349 e. The normalized spacial score (nSPS) is 15.4. The topological polar surface area (TPSA) is 40.6 Å². The van der Waals surface area contributed by atoms with Gasteiger partial charge in [-0.15, -0.1) is 0 Å². The van der Waals surface area contributed by atoms with Crippen LogP contribution in [-0.2, 0) is 9.59 Å². The lowest BCUT2D eigenvalue weighted by Crippen LogP contribution is -2.48. The molecule has 0 fully saturated rings. The van der Waals surface area contributed by atoms with Crippen molar-refractivity contribution in [1.29, 1.82) is 0 Å². The maximum absolute atomic E-state index is 12.4. The summed E-state index contributed by atoms with van der Waals surface area (Å²) in [6, 6.07) is 0. The van der Waals surface area contributed by atoms with Crippen molar-refractivity contribution in [2.45, 2.75) is 110 Å². The summed E-state index contributed by atoms with van der Waals surface area (Å²) in [7, 11) is 7.36. The van der Waals surface area contributed by atoms with Crippen molar-refractivity contribution in [3.05, 3.63) is 0 Å². The average Bonchev–Trinajstić information content (AvgIpc) is 2.46. The quantitative estimate of drug-likeness (QED) is 0.443. The van der Waals surface area contributed by atoms with Crippen LogP contribution in [0.25, 0.3) is 0 Å². The van der Waals surface area contributed by atoms with Crippen molar-refractivity contribution in [2.75, 3.05) is 28.2 Å². The summed E-state index contributed by atoms with van der Waals surface area (Å²) in [5.74, 6) is 0.583. The van der Waals surface area contributed by atoms with Crippen LogP contribution in [-0.4, -0.2) is 49.8 Å². The zero-order valence-electron chi connectivity index (χ0n) is 24.2. The summed E-state index contributed by atoms with van der Waals surface area (Å²) < 4.78 is 0. The Labute approximate surface area is 202 Å². The van der Waals surface area contributed by atoms with E-state index in [4.69, 9.17) is 0 Å². The Morgan fingerprint density at radius 2 is 1.03 bits per heavy atom. The molecular weight excluding hydrogens is 396 g/mol. The maximum Gasteiger partial charge on any atom is 0.228 e. The smallest absolute Gasteiger partial charge is 0.228 e. The molecule has 4 heteroatoms. The molecule has 0 aliphatic heterocycles. The predicted molar refractivity (Wildman–Crippen MR) is 143 cm³/mol. The third-order valence-electron chi connectivity index (χ3n) is 6.02. The molecule has 0 N–H and O–H groups in total. The molecule has 2 unspecified atom stereocenters. The van der Waals surface area contributed by atoms with E-state index in [0.717, 1.165) is 12.8 Å². The number of nitrogens with zero attached hydrogens (tertiary/aromatic N) is 2. The van der Waals surface area contributed by atoms with E-state index in [1.807, 2.05) is 28.2 Å². The van der Waals surface area contributed by atoms with Gasteiger partial charge in [-0.2, -0.15) is 0 Å².